The van der Waals surface area contributed by atoms with Gasteiger partial charge in [-0.25, -0.2) is 0 Å². The molecule has 0 amide bonds. The van der Waals surface area contributed by atoms with E-state index in [9.17, 15) is 4.79 Å². The van der Waals surface area contributed by atoms with Gasteiger partial charge in [0.05, 0.1) is 6.17 Å². The fourth-order valence-corrected chi connectivity index (χ4v) is 1.74. The maximum Gasteiger partial charge on any atom is 0.325 e. The Hall–Kier alpha value is -1.39. The molecule has 0 bridgehead atoms. The molecule has 1 aromatic rings. The van der Waals surface area contributed by atoms with Crippen molar-refractivity contribution in [2.75, 3.05) is 0 Å². The summed E-state index contributed by atoms with van der Waals surface area (Å²) in [6, 6.07) is 8.41. The molecule has 16 heavy (non-hydrogen) atoms. The van der Waals surface area contributed by atoms with Crippen molar-refractivity contribution in [3.8, 4) is 0 Å². The third kappa shape index (κ3) is 2.59. The largest absolute Gasteiger partial charge is 0.480 e. The lowest BCUT2D eigenvalue weighted by atomic mass is 10.1. The van der Waals surface area contributed by atoms with Crippen molar-refractivity contribution in [1.29, 1.82) is 0 Å². The monoisotopic (exact) mass is 220 g/mol. The molecule has 0 saturated heterocycles. The molecule has 2 atom stereocenters. The number of aliphatic carboxylic acids is 1. The molecule has 4 nitrogen and oxygen atoms in total. The summed E-state index contributed by atoms with van der Waals surface area (Å²) in [6.45, 7) is 0. The van der Waals surface area contributed by atoms with Gasteiger partial charge in [0, 0.05) is 0 Å². The van der Waals surface area contributed by atoms with Crippen LogP contribution in [0, 0.1) is 5.92 Å². The Morgan fingerprint density at radius 2 is 2.00 bits per heavy atom. The summed E-state index contributed by atoms with van der Waals surface area (Å²) < 4.78 is 0. The van der Waals surface area contributed by atoms with Crippen molar-refractivity contribution in [2.45, 2.75) is 25.0 Å². The standard InChI is InChI=1S/C12H16N2O2/c13-11(9-6-7-9)14-10(12(15)16)8-4-2-1-3-5-8/h1-5,9-11,14H,6-7,13H2,(H,15,16). The van der Waals surface area contributed by atoms with Crippen LogP contribution < -0.4 is 11.1 Å². The molecular weight excluding hydrogens is 204 g/mol. The van der Waals surface area contributed by atoms with Crippen molar-refractivity contribution in [1.82, 2.24) is 5.32 Å². The minimum atomic E-state index is -0.887. The van der Waals surface area contributed by atoms with Crippen LogP contribution in [0.25, 0.3) is 0 Å². The molecule has 1 aliphatic rings. The maximum atomic E-state index is 11.2. The van der Waals surface area contributed by atoms with E-state index in [4.69, 9.17) is 10.8 Å². The molecule has 0 heterocycles. The van der Waals surface area contributed by atoms with E-state index in [0.717, 1.165) is 18.4 Å². The van der Waals surface area contributed by atoms with Crippen molar-refractivity contribution in [2.24, 2.45) is 11.7 Å². The van der Waals surface area contributed by atoms with Crippen LogP contribution in [0.15, 0.2) is 30.3 Å². The molecule has 0 radical (unpaired) electrons. The van der Waals surface area contributed by atoms with Gasteiger partial charge in [0.1, 0.15) is 6.04 Å². The summed E-state index contributed by atoms with van der Waals surface area (Å²) >= 11 is 0. The molecule has 2 rings (SSSR count). The number of nitrogens with two attached hydrogens (primary N) is 1. The Kier molecular flexibility index (Phi) is 3.22. The normalized spacial score (nSPS) is 19.1. The van der Waals surface area contributed by atoms with Gasteiger partial charge in [-0.1, -0.05) is 30.3 Å². The number of hydrogen-bond acceptors (Lipinski definition) is 3. The lowest BCUT2D eigenvalue weighted by Crippen LogP contribution is -2.44. The zero-order chi connectivity index (χ0) is 11.5. The number of rotatable bonds is 5. The van der Waals surface area contributed by atoms with Crippen LogP contribution in [0.1, 0.15) is 24.4 Å². The molecule has 0 aliphatic heterocycles. The number of carboxylic acids is 1. The third-order valence-corrected chi connectivity index (χ3v) is 2.87. The topological polar surface area (TPSA) is 75.3 Å². The molecule has 4 heteroatoms. The zero-order valence-corrected chi connectivity index (χ0v) is 8.97. The summed E-state index contributed by atoms with van der Waals surface area (Å²) in [5.74, 6) is -0.451. The molecule has 86 valence electrons. The summed E-state index contributed by atoms with van der Waals surface area (Å²) in [7, 11) is 0. The predicted octanol–water partition coefficient (Wildman–Crippen LogP) is 1.10. The molecule has 1 fully saturated rings. The molecule has 0 spiro atoms. The van der Waals surface area contributed by atoms with Gasteiger partial charge in [-0.05, 0) is 24.3 Å². The number of carbonyl (C=O) groups is 1. The average Bonchev–Trinajstić information content (AvgIpc) is 3.10. The lowest BCUT2D eigenvalue weighted by molar-refractivity contribution is -0.140. The Labute approximate surface area is 94.5 Å². The molecule has 1 aliphatic carbocycles. The fourth-order valence-electron chi connectivity index (χ4n) is 1.74. The van der Waals surface area contributed by atoms with E-state index in [1.54, 1.807) is 12.1 Å². The second-order valence-electron chi connectivity index (χ2n) is 4.21. The first-order valence-electron chi connectivity index (χ1n) is 5.48. The SMILES string of the molecule is NC(NC(C(=O)O)c1ccccc1)C1CC1. The van der Waals surface area contributed by atoms with Gasteiger partial charge in [0.15, 0.2) is 0 Å². The van der Waals surface area contributed by atoms with E-state index < -0.39 is 12.0 Å². The molecule has 1 saturated carbocycles. The highest BCUT2D eigenvalue weighted by Gasteiger charge is 2.32. The summed E-state index contributed by atoms with van der Waals surface area (Å²) in [5.41, 5.74) is 6.62. The highest BCUT2D eigenvalue weighted by Crippen LogP contribution is 2.31. The van der Waals surface area contributed by atoms with E-state index in [-0.39, 0.29) is 6.17 Å². The van der Waals surface area contributed by atoms with Crippen molar-refractivity contribution in [3.63, 3.8) is 0 Å². The minimum Gasteiger partial charge on any atom is -0.480 e. The Morgan fingerprint density at radius 3 is 2.50 bits per heavy atom. The van der Waals surface area contributed by atoms with E-state index in [1.165, 1.54) is 0 Å². The fraction of sp³-hybridized carbons (Fsp3) is 0.417. The van der Waals surface area contributed by atoms with Crippen LogP contribution in [0.2, 0.25) is 0 Å². The highest BCUT2D eigenvalue weighted by atomic mass is 16.4. The zero-order valence-electron chi connectivity index (χ0n) is 8.97. The van der Waals surface area contributed by atoms with Crippen LogP contribution in [0.3, 0.4) is 0 Å². The number of benzene rings is 1. The van der Waals surface area contributed by atoms with Crippen LogP contribution in [-0.2, 0) is 4.79 Å². The van der Waals surface area contributed by atoms with E-state index >= 15 is 0 Å². The molecule has 0 aromatic heterocycles. The van der Waals surface area contributed by atoms with Gasteiger partial charge in [0.25, 0.3) is 0 Å². The van der Waals surface area contributed by atoms with Gasteiger partial charge in [-0.15, -0.1) is 0 Å². The number of hydrogen-bond donors (Lipinski definition) is 3. The van der Waals surface area contributed by atoms with Gasteiger partial charge in [-0.3, -0.25) is 10.1 Å². The summed E-state index contributed by atoms with van der Waals surface area (Å²) in [5, 5.41) is 12.1. The first-order chi connectivity index (χ1) is 7.68. The van der Waals surface area contributed by atoms with Gasteiger partial charge >= 0.3 is 5.97 Å². The molecule has 4 N–H and O–H groups in total. The molecular formula is C12H16N2O2. The first kappa shape index (κ1) is 11.1. The highest BCUT2D eigenvalue weighted by molar-refractivity contribution is 5.75. The summed E-state index contributed by atoms with van der Waals surface area (Å²) in [6.07, 6.45) is 1.96. The van der Waals surface area contributed by atoms with Gasteiger partial charge < -0.3 is 10.8 Å². The van der Waals surface area contributed by atoms with Crippen molar-refractivity contribution < 1.29 is 9.90 Å². The number of nitrogens with one attached hydrogen (secondary N) is 1. The smallest absolute Gasteiger partial charge is 0.325 e. The van der Waals surface area contributed by atoms with E-state index in [1.807, 2.05) is 18.2 Å². The second-order valence-corrected chi connectivity index (χ2v) is 4.21. The van der Waals surface area contributed by atoms with E-state index in [0.29, 0.717) is 5.92 Å². The van der Waals surface area contributed by atoms with Crippen molar-refractivity contribution >= 4 is 5.97 Å². The van der Waals surface area contributed by atoms with Gasteiger partial charge in [-0.2, -0.15) is 0 Å². The molecule has 2 unspecified atom stereocenters. The maximum absolute atomic E-state index is 11.2. The number of carboxylic acid groups (broad SMARTS) is 1. The second kappa shape index (κ2) is 4.63. The van der Waals surface area contributed by atoms with Gasteiger partial charge in [0.2, 0.25) is 0 Å². The van der Waals surface area contributed by atoms with E-state index in [2.05, 4.69) is 5.32 Å². The van der Waals surface area contributed by atoms with Crippen LogP contribution in [0.4, 0.5) is 0 Å². The predicted molar refractivity (Wildman–Crippen MR) is 60.7 cm³/mol. The van der Waals surface area contributed by atoms with Crippen molar-refractivity contribution in [3.05, 3.63) is 35.9 Å². The molecule has 1 aromatic carbocycles. The lowest BCUT2D eigenvalue weighted by Gasteiger charge is -2.20. The first-order valence-corrected chi connectivity index (χ1v) is 5.48. The van der Waals surface area contributed by atoms with Crippen LogP contribution in [-0.4, -0.2) is 17.2 Å². The Morgan fingerprint density at radius 1 is 1.38 bits per heavy atom. The minimum absolute atomic E-state index is 0.221. The third-order valence-electron chi connectivity index (χ3n) is 2.87. The Balaban J connectivity index is 2.08. The quantitative estimate of drug-likeness (QED) is 0.649. The average molecular weight is 220 g/mol. The Bertz CT molecular complexity index is 363. The van der Waals surface area contributed by atoms with Crippen LogP contribution >= 0.6 is 0 Å². The van der Waals surface area contributed by atoms with Crippen LogP contribution in [0.5, 0.6) is 0 Å². The summed E-state index contributed by atoms with van der Waals surface area (Å²) in [4.78, 5) is 11.2.